The fourth-order valence-corrected chi connectivity index (χ4v) is 3.92. The maximum absolute atomic E-state index is 12.4. The van der Waals surface area contributed by atoms with E-state index in [9.17, 15) is 23.1 Å². The molecule has 1 aromatic rings. The summed E-state index contributed by atoms with van der Waals surface area (Å²) in [6.45, 7) is 2.35. The van der Waals surface area contributed by atoms with Gasteiger partial charge in [0, 0.05) is 26.2 Å². The Labute approximate surface area is 145 Å². The molecule has 1 aromatic carbocycles. The maximum atomic E-state index is 12.4. The molecule has 7 heteroatoms. The third-order valence-corrected chi connectivity index (χ3v) is 5.23. The minimum absolute atomic E-state index is 0.0866. The molecule has 2 saturated heterocycles. The van der Waals surface area contributed by atoms with Crippen molar-refractivity contribution < 1.29 is 23.1 Å². The highest BCUT2D eigenvalue weighted by Crippen LogP contribution is 2.37. The van der Waals surface area contributed by atoms with Crippen LogP contribution in [0.2, 0.25) is 0 Å². The van der Waals surface area contributed by atoms with Crippen LogP contribution in [-0.2, 0) is 17.8 Å². The van der Waals surface area contributed by atoms with Gasteiger partial charge in [-0.05, 0) is 30.4 Å². The third-order valence-electron chi connectivity index (χ3n) is 5.23. The number of benzene rings is 1. The normalized spacial score (nSPS) is 28.2. The van der Waals surface area contributed by atoms with Gasteiger partial charge in [-0.15, -0.1) is 0 Å². The molecule has 2 atom stereocenters. The molecule has 2 aliphatic heterocycles. The first-order valence-electron chi connectivity index (χ1n) is 8.62. The SMILES string of the molecule is O=C1NCCC[C@]12CN(Cc1ccc(CC(F)(F)F)cc1)CCC2O. The van der Waals surface area contributed by atoms with Gasteiger partial charge in [0.05, 0.1) is 17.9 Å². The average Bonchev–Trinajstić information content (AvgIpc) is 2.54. The maximum Gasteiger partial charge on any atom is 0.393 e. The summed E-state index contributed by atoms with van der Waals surface area (Å²) in [6.07, 6.45) is -3.72. The van der Waals surface area contributed by atoms with Gasteiger partial charge in [0.25, 0.3) is 0 Å². The summed E-state index contributed by atoms with van der Waals surface area (Å²) >= 11 is 0. The number of aliphatic hydroxyl groups is 1. The highest BCUT2D eigenvalue weighted by molar-refractivity contribution is 5.84. The van der Waals surface area contributed by atoms with Crippen molar-refractivity contribution in [1.82, 2.24) is 10.2 Å². The van der Waals surface area contributed by atoms with Crippen LogP contribution < -0.4 is 5.32 Å². The second-order valence-corrected chi connectivity index (χ2v) is 7.14. The van der Waals surface area contributed by atoms with E-state index in [1.54, 1.807) is 12.1 Å². The van der Waals surface area contributed by atoms with Gasteiger partial charge >= 0.3 is 6.18 Å². The molecule has 0 aliphatic carbocycles. The van der Waals surface area contributed by atoms with E-state index in [-0.39, 0.29) is 11.5 Å². The summed E-state index contributed by atoms with van der Waals surface area (Å²) in [5, 5.41) is 13.2. The number of likely N-dealkylation sites (tertiary alicyclic amines) is 1. The highest BCUT2D eigenvalue weighted by atomic mass is 19.4. The van der Waals surface area contributed by atoms with E-state index in [0.717, 1.165) is 12.0 Å². The molecule has 1 unspecified atom stereocenters. The molecule has 2 fully saturated rings. The largest absolute Gasteiger partial charge is 0.393 e. The van der Waals surface area contributed by atoms with Crippen LogP contribution in [0.4, 0.5) is 13.2 Å². The van der Waals surface area contributed by atoms with Crippen LogP contribution in [0.3, 0.4) is 0 Å². The van der Waals surface area contributed by atoms with E-state index in [1.807, 2.05) is 0 Å². The predicted octanol–water partition coefficient (Wildman–Crippen LogP) is 2.25. The lowest BCUT2D eigenvalue weighted by molar-refractivity contribution is -0.149. The van der Waals surface area contributed by atoms with Crippen molar-refractivity contribution in [2.45, 2.75) is 44.5 Å². The Bertz CT molecular complexity index is 618. The molecule has 2 aliphatic rings. The lowest BCUT2D eigenvalue weighted by Crippen LogP contribution is -2.61. The molecule has 138 valence electrons. The average molecular weight is 356 g/mol. The number of nitrogens with zero attached hydrogens (tertiary/aromatic N) is 1. The summed E-state index contributed by atoms with van der Waals surface area (Å²) in [7, 11) is 0. The monoisotopic (exact) mass is 356 g/mol. The van der Waals surface area contributed by atoms with E-state index in [4.69, 9.17) is 0 Å². The zero-order valence-electron chi connectivity index (χ0n) is 14.0. The summed E-state index contributed by atoms with van der Waals surface area (Å²) in [5.74, 6) is -0.0866. The number of carbonyl (C=O) groups excluding carboxylic acids is 1. The fraction of sp³-hybridized carbons (Fsp3) is 0.611. The molecule has 2 N–H and O–H groups in total. The molecule has 0 saturated carbocycles. The van der Waals surface area contributed by atoms with Gasteiger partial charge in [-0.3, -0.25) is 9.69 Å². The smallest absolute Gasteiger partial charge is 0.392 e. The Hall–Kier alpha value is -1.60. The van der Waals surface area contributed by atoms with Crippen molar-refractivity contribution in [2.75, 3.05) is 19.6 Å². The Morgan fingerprint density at radius 1 is 1.24 bits per heavy atom. The number of halogens is 3. The first-order valence-corrected chi connectivity index (χ1v) is 8.62. The predicted molar refractivity (Wildman–Crippen MR) is 86.8 cm³/mol. The molecule has 0 bridgehead atoms. The number of hydrogen-bond donors (Lipinski definition) is 2. The lowest BCUT2D eigenvalue weighted by atomic mass is 9.71. The molecule has 0 radical (unpaired) electrons. The van der Waals surface area contributed by atoms with Gasteiger partial charge in [0.15, 0.2) is 0 Å². The van der Waals surface area contributed by atoms with Crippen LogP contribution in [0.25, 0.3) is 0 Å². The minimum Gasteiger partial charge on any atom is -0.392 e. The number of aliphatic hydroxyl groups excluding tert-OH is 1. The summed E-state index contributed by atoms with van der Waals surface area (Å²) in [4.78, 5) is 14.5. The topological polar surface area (TPSA) is 52.6 Å². The standard InChI is InChI=1S/C18H23F3N2O2/c19-18(20,21)10-13-2-4-14(5-3-13)11-23-9-6-15(24)17(12-23)7-1-8-22-16(17)25/h2-5,15,24H,1,6-12H2,(H,22,25)/t15?,17-/m1/s1. The van der Waals surface area contributed by atoms with Crippen molar-refractivity contribution in [3.8, 4) is 0 Å². The van der Waals surface area contributed by atoms with E-state index in [2.05, 4.69) is 10.2 Å². The fourth-order valence-electron chi connectivity index (χ4n) is 3.92. The summed E-state index contributed by atoms with van der Waals surface area (Å²) < 4.78 is 37.3. The van der Waals surface area contributed by atoms with Crippen LogP contribution in [0.15, 0.2) is 24.3 Å². The molecule has 0 aromatic heterocycles. The second-order valence-electron chi connectivity index (χ2n) is 7.14. The first-order chi connectivity index (χ1) is 11.8. The molecule has 1 amide bonds. The zero-order valence-corrected chi connectivity index (χ0v) is 14.0. The van der Waals surface area contributed by atoms with Crippen LogP contribution in [0, 0.1) is 5.41 Å². The summed E-state index contributed by atoms with van der Waals surface area (Å²) in [6, 6.07) is 6.43. The van der Waals surface area contributed by atoms with Gasteiger partial charge in [-0.1, -0.05) is 24.3 Å². The van der Waals surface area contributed by atoms with E-state index in [0.29, 0.717) is 39.0 Å². The van der Waals surface area contributed by atoms with Crippen molar-refractivity contribution in [3.05, 3.63) is 35.4 Å². The Morgan fingerprint density at radius 2 is 1.92 bits per heavy atom. The Morgan fingerprint density at radius 3 is 2.56 bits per heavy atom. The van der Waals surface area contributed by atoms with Crippen LogP contribution in [-0.4, -0.2) is 47.8 Å². The van der Waals surface area contributed by atoms with E-state index >= 15 is 0 Å². The minimum atomic E-state index is -4.20. The van der Waals surface area contributed by atoms with Crippen LogP contribution in [0.5, 0.6) is 0 Å². The van der Waals surface area contributed by atoms with Crippen molar-refractivity contribution in [2.24, 2.45) is 5.41 Å². The molecule has 1 spiro atoms. The van der Waals surface area contributed by atoms with Crippen molar-refractivity contribution in [3.63, 3.8) is 0 Å². The van der Waals surface area contributed by atoms with Gasteiger partial charge in [0.1, 0.15) is 0 Å². The zero-order chi connectivity index (χ0) is 18.1. The number of piperidine rings is 2. The first kappa shape index (κ1) is 18.2. The van der Waals surface area contributed by atoms with E-state index in [1.165, 1.54) is 12.1 Å². The van der Waals surface area contributed by atoms with Crippen LogP contribution in [0.1, 0.15) is 30.4 Å². The summed E-state index contributed by atoms with van der Waals surface area (Å²) in [5.41, 5.74) is 0.398. The van der Waals surface area contributed by atoms with Crippen LogP contribution >= 0.6 is 0 Å². The quantitative estimate of drug-likeness (QED) is 0.874. The van der Waals surface area contributed by atoms with Gasteiger partial charge in [-0.2, -0.15) is 13.2 Å². The highest BCUT2D eigenvalue weighted by Gasteiger charge is 2.49. The number of alkyl halides is 3. The number of amides is 1. The van der Waals surface area contributed by atoms with Crippen molar-refractivity contribution >= 4 is 5.91 Å². The van der Waals surface area contributed by atoms with Gasteiger partial charge in [-0.25, -0.2) is 0 Å². The van der Waals surface area contributed by atoms with E-state index < -0.39 is 24.1 Å². The number of hydrogen-bond acceptors (Lipinski definition) is 3. The number of rotatable bonds is 3. The molecule has 2 heterocycles. The van der Waals surface area contributed by atoms with Gasteiger partial charge < -0.3 is 10.4 Å². The molecule has 4 nitrogen and oxygen atoms in total. The van der Waals surface area contributed by atoms with Crippen molar-refractivity contribution in [1.29, 1.82) is 0 Å². The molecule has 3 rings (SSSR count). The molecular formula is C18H23F3N2O2. The lowest BCUT2D eigenvalue weighted by Gasteiger charge is -2.47. The Balaban J connectivity index is 1.66. The molecule has 25 heavy (non-hydrogen) atoms. The number of carbonyl (C=O) groups is 1. The molecular weight excluding hydrogens is 333 g/mol. The Kier molecular flexibility index (Phi) is 5.06. The number of nitrogens with one attached hydrogen (secondary N) is 1. The van der Waals surface area contributed by atoms with Gasteiger partial charge in [0.2, 0.25) is 5.91 Å². The third kappa shape index (κ3) is 4.15. The second kappa shape index (κ2) is 6.96.